The van der Waals surface area contributed by atoms with Gasteiger partial charge in [0, 0.05) is 13.0 Å². The molecular weight excluding hydrogens is 319 g/mol. The van der Waals surface area contributed by atoms with Crippen LogP contribution in [0.5, 0.6) is 11.5 Å². The molecule has 1 atom stereocenters. The minimum atomic E-state index is -0.468. The highest BCUT2D eigenvalue weighted by Gasteiger charge is 2.29. The number of halogens is 1. The Bertz CT molecular complexity index is 831. The van der Waals surface area contributed by atoms with E-state index in [1.165, 1.54) is 6.07 Å². The topological polar surface area (TPSA) is 45.5 Å². The molecule has 0 saturated carbocycles. The maximum atomic E-state index is 14.0. The lowest BCUT2D eigenvalue weighted by atomic mass is 10.0. The summed E-state index contributed by atoms with van der Waals surface area (Å²) in [5.74, 6) is 1.07. The molecule has 4 rings (SSSR count). The summed E-state index contributed by atoms with van der Waals surface area (Å²) in [4.78, 5) is 2.13. The average molecular weight is 338 g/mol. The van der Waals surface area contributed by atoms with Crippen molar-refractivity contribution < 1.29 is 13.9 Å². The standard InChI is InChI=1S/C20H19FN2O2/c21-16-4-1-5-18(15(16)13-22)23-9-2-6-17(23)14-7-8-19-20(12-14)25-11-3-10-24-19/h1,4-5,7-8,12,17H,2-3,6,9-11H2/t17-/m1/s1. The minimum absolute atomic E-state index is 0.103. The average Bonchev–Trinajstić information content (AvgIpc) is 2.99. The van der Waals surface area contributed by atoms with Crippen LogP contribution in [-0.2, 0) is 0 Å². The first kappa shape index (κ1) is 15.8. The molecule has 0 bridgehead atoms. The summed E-state index contributed by atoms with van der Waals surface area (Å²) in [5, 5.41) is 9.35. The molecule has 2 heterocycles. The van der Waals surface area contributed by atoms with Gasteiger partial charge in [0.25, 0.3) is 0 Å². The molecule has 0 aliphatic carbocycles. The fraction of sp³-hybridized carbons (Fsp3) is 0.350. The molecule has 0 unspecified atom stereocenters. The van der Waals surface area contributed by atoms with Crippen LogP contribution in [0.4, 0.5) is 10.1 Å². The van der Waals surface area contributed by atoms with E-state index < -0.39 is 5.82 Å². The van der Waals surface area contributed by atoms with Crippen molar-refractivity contribution in [3.63, 3.8) is 0 Å². The van der Waals surface area contributed by atoms with Gasteiger partial charge >= 0.3 is 0 Å². The van der Waals surface area contributed by atoms with E-state index in [0.717, 1.165) is 42.9 Å². The van der Waals surface area contributed by atoms with Crippen LogP contribution in [0.3, 0.4) is 0 Å². The quantitative estimate of drug-likeness (QED) is 0.823. The van der Waals surface area contributed by atoms with E-state index in [-0.39, 0.29) is 11.6 Å². The molecule has 0 radical (unpaired) electrons. The first-order valence-corrected chi connectivity index (χ1v) is 8.63. The van der Waals surface area contributed by atoms with Gasteiger partial charge in [0.05, 0.1) is 24.9 Å². The Morgan fingerprint density at radius 1 is 1.08 bits per heavy atom. The summed E-state index contributed by atoms with van der Waals surface area (Å²) in [6.07, 6.45) is 2.83. The van der Waals surface area contributed by atoms with E-state index >= 15 is 0 Å². The van der Waals surface area contributed by atoms with E-state index in [2.05, 4.69) is 4.90 Å². The molecular formula is C20H19FN2O2. The van der Waals surface area contributed by atoms with Crippen molar-refractivity contribution in [2.45, 2.75) is 25.3 Å². The molecule has 25 heavy (non-hydrogen) atoms. The van der Waals surface area contributed by atoms with E-state index in [4.69, 9.17) is 9.47 Å². The minimum Gasteiger partial charge on any atom is -0.490 e. The van der Waals surface area contributed by atoms with Crippen molar-refractivity contribution in [1.82, 2.24) is 0 Å². The summed E-state index contributed by atoms with van der Waals surface area (Å²) < 4.78 is 25.5. The number of benzene rings is 2. The van der Waals surface area contributed by atoms with Gasteiger partial charge in [0.1, 0.15) is 17.4 Å². The first-order valence-electron chi connectivity index (χ1n) is 8.63. The van der Waals surface area contributed by atoms with Gasteiger partial charge in [0.2, 0.25) is 0 Å². The van der Waals surface area contributed by atoms with Crippen molar-refractivity contribution in [3.05, 3.63) is 53.3 Å². The van der Waals surface area contributed by atoms with Gasteiger partial charge in [-0.25, -0.2) is 4.39 Å². The van der Waals surface area contributed by atoms with Crippen LogP contribution in [0, 0.1) is 17.1 Å². The summed E-state index contributed by atoms with van der Waals surface area (Å²) in [6.45, 7) is 2.11. The maximum Gasteiger partial charge on any atom is 0.161 e. The Kier molecular flexibility index (Phi) is 4.19. The number of rotatable bonds is 2. The fourth-order valence-corrected chi connectivity index (χ4v) is 3.65. The molecule has 2 aromatic rings. The summed E-state index contributed by atoms with van der Waals surface area (Å²) in [7, 11) is 0. The second kappa shape index (κ2) is 6.64. The Labute approximate surface area is 146 Å². The van der Waals surface area contributed by atoms with E-state index in [0.29, 0.717) is 18.9 Å². The number of hydrogen-bond acceptors (Lipinski definition) is 4. The molecule has 0 N–H and O–H groups in total. The molecule has 5 heteroatoms. The zero-order valence-electron chi connectivity index (χ0n) is 13.9. The molecule has 4 nitrogen and oxygen atoms in total. The Balaban J connectivity index is 1.70. The van der Waals surface area contributed by atoms with Crippen LogP contribution in [-0.4, -0.2) is 19.8 Å². The third-order valence-electron chi connectivity index (χ3n) is 4.82. The predicted molar refractivity (Wildman–Crippen MR) is 92.5 cm³/mol. The molecule has 0 spiro atoms. The second-order valence-corrected chi connectivity index (χ2v) is 6.35. The highest BCUT2D eigenvalue weighted by Crippen LogP contribution is 2.41. The number of nitrogens with zero attached hydrogens (tertiary/aromatic N) is 2. The van der Waals surface area contributed by atoms with Crippen LogP contribution in [0.1, 0.15) is 36.4 Å². The van der Waals surface area contributed by atoms with E-state index in [9.17, 15) is 9.65 Å². The lowest BCUT2D eigenvalue weighted by Crippen LogP contribution is -2.23. The lowest BCUT2D eigenvalue weighted by molar-refractivity contribution is 0.297. The van der Waals surface area contributed by atoms with Gasteiger partial charge in [-0.05, 0) is 42.7 Å². The summed E-state index contributed by atoms with van der Waals surface area (Å²) in [6, 6.07) is 12.9. The number of anilines is 1. The van der Waals surface area contributed by atoms with E-state index in [1.807, 2.05) is 30.3 Å². The van der Waals surface area contributed by atoms with Gasteiger partial charge in [-0.1, -0.05) is 12.1 Å². The van der Waals surface area contributed by atoms with Crippen molar-refractivity contribution >= 4 is 5.69 Å². The molecule has 2 aromatic carbocycles. The normalized spacial score (nSPS) is 19.4. The molecule has 128 valence electrons. The first-order chi connectivity index (χ1) is 12.3. The Morgan fingerprint density at radius 3 is 2.76 bits per heavy atom. The zero-order valence-corrected chi connectivity index (χ0v) is 13.9. The van der Waals surface area contributed by atoms with Crippen LogP contribution in [0.2, 0.25) is 0 Å². The van der Waals surface area contributed by atoms with Crippen molar-refractivity contribution in [2.75, 3.05) is 24.7 Å². The van der Waals surface area contributed by atoms with Gasteiger partial charge in [-0.15, -0.1) is 0 Å². The fourth-order valence-electron chi connectivity index (χ4n) is 3.65. The molecule has 1 fully saturated rings. The Morgan fingerprint density at radius 2 is 1.92 bits per heavy atom. The molecule has 2 aliphatic heterocycles. The second-order valence-electron chi connectivity index (χ2n) is 6.35. The molecule has 0 amide bonds. The van der Waals surface area contributed by atoms with Crippen LogP contribution >= 0.6 is 0 Å². The number of ether oxygens (including phenoxy) is 2. The zero-order chi connectivity index (χ0) is 17.2. The highest BCUT2D eigenvalue weighted by atomic mass is 19.1. The third kappa shape index (κ3) is 2.89. The van der Waals surface area contributed by atoms with Gasteiger partial charge in [-0.3, -0.25) is 0 Å². The molecule has 0 aromatic heterocycles. The predicted octanol–water partition coefficient (Wildman–Crippen LogP) is 4.20. The summed E-state index contributed by atoms with van der Waals surface area (Å²) >= 11 is 0. The van der Waals surface area contributed by atoms with Gasteiger partial charge in [-0.2, -0.15) is 5.26 Å². The van der Waals surface area contributed by atoms with Gasteiger partial charge in [0.15, 0.2) is 11.5 Å². The number of hydrogen-bond donors (Lipinski definition) is 0. The van der Waals surface area contributed by atoms with Crippen LogP contribution < -0.4 is 14.4 Å². The number of nitriles is 1. The van der Waals surface area contributed by atoms with Gasteiger partial charge < -0.3 is 14.4 Å². The molecule has 2 aliphatic rings. The maximum absolute atomic E-state index is 14.0. The summed E-state index contributed by atoms with van der Waals surface area (Å²) in [5.41, 5.74) is 1.88. The van der Waals surface area contributed by atoms with Crippen molar-refractivity contribution in [2.24, 2.45) is 0 Å². The SMILES string of the molecule is N#Cc1c(F)cccc1N1CCC[C@@H]1c1ccc2c(c1)OCCCO2. The van der Waals surface area contributed by atoms with Crippen LogP contribution in [0.15, 0.2) is 36.4 Å². The lowest BCUT2D eigenvalue weighted by Gasteiger charge is -2.28. The van der Waals surface area contributed by atoms with E-state index in [1.54, 1.807) is 6.07 Å². The third-order valence-corrected chi connectivity index (χ3v) is 4.82. The van der Waals surface area contributed by atoms with Crippen molar-refractivity contribution in [1.29, 1.82) is 5.26 Å². The molecule has 1 saturated heterocycles. The highest BCUT2D eigenvalue weighted by molar-refractivity contribution is 5.62. The smallest absolute Gasteiger partial charge is 0.161 e. The van der Waals surface area contributed by atoms with Crippen molar-refractivity contribution in [3.8, 4) is 17.6 Å². The Hall–Kier alpha value is -2.74. The largest absolute Gasteiger partial charge is 0.490 e. The number of fused-ring (bicyclic) bond motifs is 1. The van der Waals surface area contributed by atoms with Crippen LogP contribution in [0.25, 0.3) is 0 Å². The monoisotopic (exact) mass is 338 g/mol.